The zero-order valence-corrected chi connectivity index (χ0v) is 10.2. The van der Waals surface area contributed by atoms with Crippen LogP contribution >= 0.6 is 11.6 Å². The van der Waals surface area contributed by atoms with Gasteiger partial charge in [-0.2, -0.15) is 0 Å². The van der Waals surface area contributed by atoms with Gasteiger partial charge in [-0.05, 0) is 13.3 Å². The number of halogens is 1. The highest BCUT2D eigenvalue weighted by atomic mass is 35.5. The maximum Gasteiger partial charge on any atom is 0.317 e. The Hall–Kier alpha value is -0.810. The van der Waals surface area contributed by atoms with Crippen molar-refractivity contribution in [2.45, 2.75) is 20.3 Å². The van der Waals surface area contributed by atoms with E-state index in [1.165, 1.54) is 13.8 Å². The summed E-state index contributed by atoms with van der Waals surface area (Å²) in [5.74, 6) is -0.706. The van der Waals surface area contributed by atoms with Crippen molar-refractivity contribution < 1.29 is 24.2 Å². The van der Waals surface area contributed by atoms with Crippen LogP contribution in [0, 0.1) is 5.41 Å². The average molecular weight is 253 g/mol. The third-order valence-corrected chi connectivity index (χ3v) is 2.21. The Labute approximate surface area is 99.7 Å². The van der Waals surface area contributed by atoms with Gasteiger partial charge >= 0.3 is 11.9 Å². The lowest BCUT2D eigenvalue weighted by Crippen LogP contribution is -2.38. The van der Waals surface area contributed by atoms with Crippen molar-refractivity contribution >= 4 is 23.5 Å². The quantitative estimate of drug-likeness (QED) is 0.411. The van der Waals surface area contributed by atoms with E-state index in [1.807, 2.05) is 0 Å². The van der Waals surface area contributed by atoms with Gasteiger partial charge in [-0.1, -0.05) is 0 Å². The molecule has 0 radical (unpaired) electrons. The molecule has 0 saturated heterocycles. The standard InChI is InChI=1S/C10H17ClO5/c1-8(13)16-7-10(2,6-12)9(14)15-5-3-4-11/h12H,3-7H2,1-2H3. The van der Waals surface area contributed by atoms with E-state index in [-0.39, 0.29) is 13.2 Å². The first-order chi connectivity index (χ1) is 7.46. The summed E-state index contributed by atoms with van der Waals surface area (Å²) in [7, 11) is 0. The molecule has 0 amide bonds. The molecule has 0 aromatic heterocycles. The summed E-state index contributed by atoms with van der Waals surface area (Å²) in [5, 5.41) is 9.11. The molecule has 0 fully saturated rings. The number of alkyl halides is 1. The molecule has 16 heavy (non-hydrogen) atoms. The number of carbonyl (C=O) groups excluding carboxylic acids is 2. The summed E-state index contributed by atoms with van der Waals surface area (Å²) in [6, 6.07) is 0. The molecular formula is C10H17ClO5. The van der Waals surface area contributed by atoms with E-state index in [0.29, 0.717) is 12.3 Å². The van der Waals surface area contributed by atoms with E-state index in [4.69, 9.17) is 26.2 Å². The van der Waals surface area contributed by atoms with Gasteiger partial charge in [-0.25, -0.2) is 0 Å². The molecule has 94 valence electrons. The lowest BCUT2D eigenvalue weighted by atomic mass is 9.93. The van der Waals surface area contributed by atoms with E-state index in [9.17, 15) is 9.59 Å². The Kier molecular flexibility index (Phi) is 7.08. The number of rotatable bonds is 7. The van der Waals surface area contributed by atoms with Crippen molar-refractivity contribution in [3.05, 3.63) is 0 Å². The average Bonchev–Trinajstić information content (AvgIpc) is 2.26. The van der Waals surface area contributed by atoms with Crippen LogP contribution in [-0.2, 0) is 19.1 Å². The summed E-state index contributed by atoms with van der Waals surface area (Å²) in [4.78, 5) is 22.2. The molecule has 0 aliphatic carbocycles. The summed E-state index contributed by atoms with van der Waals surface area (Å²) in [6.45, 7) is 2.26. The second-order valence-electron chi connectivity index (χ2n) is 3.68. The van der Waals surface area contributed by atoms with Crippen molar-refractivity contribution in [2.75, 3.05) is 25.7 Å². The molecule has 0 aliphatic rings. The summed E-state index contributed by atoms with van der Waals surface area (Å²) >= 11 is 5.43. The Morgan fingerprint density at radius 1 is 1.38 bits per heavy atom. The van der Waals surface area contributed by atoms with Crippen LogP contribution in [0.25, 0.3) is 0 Å². The number of carbonyl (C=O) groups is 2. The van der Waals surface area contributed by atoms with Crippen LogP contribution in [0.15, 0.2) is 0 Å². The summed E-state index contributed by atoms with van der Waals surface area (Å²) in [5.41, 5.74) is -1.21. The fraction of sp³-hybridized carbons (Fsp3) is 0.800. The Balaban J connectivity index is 4.20. The topological polar surface area (TPSA) is 72.8 Å². The van der Waals surface area contributed by atoms with E-state index in [0.717, 1.165) is 0 Å². The molecule has 1 unspecified atom stereocenters. The highest BCUT2D eigenvalue weighted by Gasteiger charge is 2.35. The molecule has 1 atom stereocenters. The number of aliphatic hydroxyl groups excluding tert-OH is 1. The second kappa shape index (κ2) is 7.46. The molecule has 1 N–H and O–H groups in total. The summed E-state index contributed by atoms with van der Waals surface area (Å²) < 4.78 is 9.60. The second-order valence-corrected chi connectivity index (χ2v) is 4.06. The van der Waals surface area contributed by atoms with Gasteiger partial charge < -0.3 is 14.6 Å². The molecular weight excluding hydrogens is 236 g/mol. The van der Waals surface area contributed by atoms with Gasteiger partial charge in [0.05, 0.1) is 13.2 Å². The first-order valence-corrected chi connectivity index (χ1v) is 5.47. The van der Waals surface area contributed by atoms with Gasteiger partial charge in [-0.3, -0.25) is 9.59 Å². The molecule has 0 bridgehead atoms. The van der Waals surface area contributed by atoms with Crippen LogP contribution in [0.4, 0.5) is 0 Å². The minimum atomic E-state index is -1.21. The zero-order valence-electron chi connectivity index (χ0n) is 9.49. The first kappa shape index (κ1) is 15.2. The number of esters is 2. The van der Waals surface area contributed by atoms with Crippen LogP contribution in [0.3, 0.4) is 0 Å². The van der Waals surface area contributed by atoms with Crippen molar-refractivity contribution in [3.8, 4) is 0 Å². The number of ether oxygens (including phenoxy) is 2. The fourth-order valence-corrected chi connectivity index (χ4v) is 0.933. The monoisotopic (exact) mass is 252 g/mol. The van der Waals surface area contributed by atoms with Gasteiger partial charge in [0, 0.05) is 12.8 Å². The minimum absolute atomic E-state index is 0.192. The van der Waals surface area contributed by atoms with Crippen LogP contribution in [0.2, 0.25) is 0 Å². The van der Waals surface area contributed by atoms with Gasteiger partial charge in [0.2, 0.25) is 0 Å². The Morgan fingerprint density at radius 2 is 2.00 bits per heavy atom. The van der Waals surface area contributed by atoms with Gasteiger partial charge in [0.25, 0.3) is 0 Å². The van der Waals surface area contributed by atoms with Gasteiger partial charge in [-0.15, -0.1) is 11.6 Å². The lowest BCUT2D eigenvalue weighted by Gasteiger charge is -2.24. The molecule has 0 spiro atoms. The van der Waals surface area contributed by atoms with E-state index in [2.05, 4.69) is 0 Å². The van der Waals surface area contributed by atoms with E-state index >= 15 is 0 Å². The van der Waals surface area contributed by atoms with Crippen LogP contribution in [-0.4, -0.2) is 42.7 Å². The maximum atomic E-state index is 11.6. The minimum Gasteiger partial charge on any atom is -0.465 e. The van der Waals surface area contributed by atoms with Crippen molar-refractivity contribution in [1.82, 2.24) is 0 Å². The predicted octanol–water partition coefficient (Wildman–Crippen LogP) is 0.720. The Morgan fingerprint density at radius 3 is 2.44 bits per heavy atom. The molecule has 6 heteroatoms. The van der Waals surface area contributed by atoms with Crippen LogP contribution in [0.5, 0.6) is 0 Å². The summed E-state index contributed by atoms with van der Waals surface area (Å²) in [6.07, 6.45) is 0.544. The normalized spacial score (nSPS) is 14.0. The molecule has 5 nitrogen and oxygen atoms in total. The largest absolute Gasteiger partial charge is 0.465 e. The smallest absolute Gasteiger partial charge is 0.317 e. The van der Waals surface area contributed by atoms with Gasteiger partial charge in [0.15, 0.2) is 0 Å². The van der Waals surface area contributed by atoms with Crippen molar-refractivity contribution in [3.63, 3.8) is 0 Å². The van der Waals surface area contributed by atoms with Crippen LogP contribution < -0.4 is 0 Å². The van der Waals surface area contributed by atoms with E-state index in [1.54, 1.807) is 0 Å². The Bertz CT molecular complexity index is 243. The van der Waals surface area contributed by atoms with Gasteiger partial charge in [0.1, 0.15) is 12.0 Å². The first-order valence-electron chi connectivity index (χ1n) is 4.93. The molecule has 0 rings (SSSR count). The van der Waals surface area contributed by atoms with Crippen molar-refractivity contribution in [1.29, 1.82) is 0 Å². The predicted molar refractivity (Wildman–Crippen MR) is 58.1 cm³/mol. The molecule has 0 heterocycles. The number of hydrogen-bond acceptors (Lipinski definition) is 5. The highest BCUT2D eigenvalue weighted by molar-refractivity contribution is 6.17. The zero-order chi connectivity index (χ0) is 12.6. The third kappa shape index (κ3) is 5.32. The fourth-order valence-electron chi connectivity index (χ4n) is 0.824. The molecule has 0 aliphatic heterocycles. The number of aliphatic hydroxyl groups is 1. The lowest BCUT2D eigenvalue weighted by molar-refractivity contribution is -0.164. The molecule has 0 aromatic rings. The highest BCUT2D eigenvalue weighted by Crippen LogP contribution is 2.18. The van der Waals surface area contributed by atoms with Crippen LogP contribution in [0.1, 0.15) is 20.3 Å². The van der Waals surface area contributed by atoms with E-state index < -0.39 is 24.0 Å². The molecule has 0 aromatic carbocycles. The maximum absolute atomic E-state index is 11.6. The molecule has 0 saturated carbocycles. The third-order valence-electron chi connectivity index (χ3n) is 1.95. The number of hydrogen-bond donors (Lipinski definition) is 1. The van der Waals surface area contributed by atoms with Crippen molar-refractivity contribution in [2.24, 2.45) is 5.41 Å². The SMILES string of the molecule is CC(=O)OCC(C)(CO)C(=O)OCCCCl.